The molecule has 0 fully saturated rings. The standard InChI is InChI=1S/C14H8Br2ClF4NO3/c1-22-10(14(19,20)21)9(15)8(11(22)16)6-4-5(2-3-7(6)18)25-12(17)13(23)24/h2-4,12H,1H3,(H,23,24). The Morgan fingerprint density at radius 2 is 1.96 bits per heavy atom. The van der Waals surface area contributed by atoms with E-state index in [0.29, 0.717) is 0 Å². The molecule has 0 spiro atoms. The molecule has 2 rings (SSSR count). The van der Waals surface area contributed by atoms with E-state index >= 15 is 0 Å². The lowest BCUT2D eigenvalue weighted by Gasteiger charge is -2.11. The molecule has 1 unspecified atom stereocenters. The number of halogens is 7. The molecule has 1 atom stereocenters. The van der Waals surface area contributed by atoms with Gasteiger partial charge >= 0.3 is 12.1 Å². The van der Waals surface area contributed by atoms with Gasteiger partial charge in [-0.05, 0) is 50.1 Å². The van der Waals surface area contributed by atoms with Crippen LogP contribution < -0.4 is 4.74 Å². The number of aromatic nitrogens is 1. The fourth-order valence-electron chi connectivity index (χ4n) is 2.11. The summed E-state index contributed by atoms with van der Waals surface area (Å²) in [7, 11) is 1.17. The van der Waals surface area contributed by atoms with Gasteiger partial charge in [0.05, 0.1) is 9.08 Å². The number of nitrogens with zero attached hydrogens (tertiary/aromatic N) is 1. The van der Waals surface area contributed by atoms with Crippen molar-refractivity contribution >= 4 is 49.4 Å². The lowest BCUT2D eigenvalue weighted by Crippen LogP contribution is -2.20. The maximum Gasteiger partial charge on any atom is 0.432 e. The molecule has 0 saturated carbocycles. The normalized spacial score (nSPS) is 13.0. The number of rotatable bonds is 4. The average Bonchev–Trinajstić information content (AvgIpc) is 2.71. The monoisotopic (exact) mass is 507 g/mol. The van der Waals surface area contributed by atoms with Crippen LogP contribution in [0, 0.1) is 5.82 Å². The molecule has 1 aromatic heterocycles. The van der Waals surface area contributed by atoms with Crippen molar-refractivity contribution in [3.05, 3.63) is 38.8 Å². The van der Waals surface area contributed by atoms with Crippen LogP contribution >= 0.6 is 43.5 Å². The molecule has 0 aliphatic rings. The Hall–Kier alpha value is -1.26. The molecule has 0 radical (unpaired) electrons. The zero-order chi connectivity index (χ0) is 19.1. The fourth-order valence-corrected chi connectivity index (χ4v) is 3.96. The minimum absolute atomic E-state index is 0.0246. The van der Waals surface area contributed by atoms with E-state index in [1.54, 1.807) is 0 Å². The second-order valence-electron chi connectivity index (χ2n) is 4.80. The first-order chi connectivity index (χ1) is 11.4. The highest BCUT2D eigenvalue weighted by atomic mass is 79.9. The number of benzene rings is 1. The van der Waals surface area contributed by atoms with Crippen molar-refractivity contribution in [2.24, 2.45) is 7.05 Å². The smallest absolute Gasteiger partial charge is 0.432 e. The number of alkyl halides is 4. The van der Waals surface area contributed by atoms with Crippen LogP contribution in [0.25, 0.3) is 11.1 Å². The van der Waals surface area contributed by atoms with Crippen molar-refractivity contribution in [2.75, 3.05) is 0 Å². The van der Waals surface area contributed by atoms with Gasteiger partial charge < -0.3 is 14.4 Å². The van der Waals surface area contributed by atoms with Crippen LogP contribution in [-0.4, -0.2) is 21.2 Å². The van der Waals surface area contributed by atoms with E-state index in [0.717, 1.165) is 22.8 Å². The summed E-state index contributed by atoms with van der Waals surface area (Å²) in [6.45, 7) is 0. The van der Waals surface area contributed by atoms with Gasteiger partial charge in [-0.15, -0.1) is 0 Å². The summed E-state index contributed by atoms with van der Waals surface area (Å²) in [5.74, 6) is -2.40. The van der Waals surface area contributed by atoms with Gasteiger partial charge in [-0.2, -0.15) is 13.2 Å². The van der Waals surface area contributed by atoms with Gasteiger partial charge in [0.2, 0.25) is 0 Å². The predicted molar refractivity (Wildman–Crippen MR) is 89.1 cm³/mol. The number of hydrogen-bond acceptors (Lipinski definition) is 2. The van der Waals surface area contributed by atoms with Crippen molar-refractivity contribution in [2.45, 2.75) is 11.7 Å². The average molecular weight is 509 g/mol. The Bertz CT molecular complexity index is 838. The van der Waals surface area contributed by atoms with Crippen LogP contribution in [-0.2, 0) is 18.0 Å². The highest BCUT2D eigenvalue weighted by molar-refractivity contribution is 9.11. The molecular formula is C14H8Br2ClF4NO3. The van der Waals surface area contributed by atoms with Crippen LogP contribution in [0.3, 0.4) is 0 Å². The minimum Gasteiger partial charge on any atom is -0.478 e. The molecule has 0 amide bonds. The Morgan fingerprint density at radius 3 is 2.44 bits per heavy atom. The van der Waals surface area contributed by atoms with Gasteiger partial charge in [-0.3, -0.25) is 0 Å². The van der Waals surface area contributed by atoms with Gasteiger partial charge in [-0.1, -0.05) is 11.6 Å². The zero-order valence-corrected chi connectivity index (χ0v) is 16.1. The largest absolute Gasteiger partial charge is 0.478 e. The molecule has 0 saturated heterocycles. The van der Waals surface area contributed by atoms with Crippen molar-refractivity contribution in [1.29, 1.82) is 0 Å². The van der Waals surface area contributed by atoms with Crippen molar-refractivity contribution in [3.8, 4) is 16.9 Å². The molecule has 1 N–H and O–H groups in total. The van der Waals surface area contributed by atoms with Crippen LogP contribution in [0.4, 0.5) is 17.6 Å². The Kier molecular flexibility index (Phi) is 5.75. The second-order valence-corrected chi connectivity index (χ2v) is 6.74. The van der Waals surface area contributed by atoms with E-state index in [1.807, 2.05) is 0 Å². The zero-order valence-electron chi connectivity index (χ0n) is 12.2. The second kappa shape index (κ2) is 7.16. The summed E-state index contributed by atoms with van der Waals surface area (Å²) in [6, 6.07) is 3.13. The summed E-state index contributed by atoms with van der Waals surface area (Å²) in [6.07, 6.45) is -4.68. The Morgan fingerprint density at radius 1 is 1.36 bits per heavy atom. The lowest BCUT2D eigenvalue weighted by atomic mass is 10.1. The first-order valence-electron chi connectivity index (χ1n) is 6.39. The van der Waals surface area contributed by atoms with Crippen molar-refractivity contribution < 1.29 is 32.2 Å². The first-order valence-corrected chi connectivity index (χ1v) is 8.41. The Labute approximate surface area is 160 Å². The third-order valence-electron chi connectivity index (χ3n) is 3.17. The van der Waals surface area contributed by atoms with Crippen LogP contribution in [0.2, 0.25) is 0 Å². The van der Waals surface area contributed by atoms with E-state index in [4.69, 9.17) is 21.4 Å². The molecule has 136 valence electrons. The minimum atomic E-state index is -4.68. The first kappa shape index (κ1) is 20.1. The molecule has 25 heavy (non-hydrogen) atoms. The lowest BCUT2D eigenvalue weighted by molar-refractivity contribution is -0.144. The highest BCUT2D eigenvalue weighted by Gasteiger charge is 2.39. The van der Waals surface area contributed by atoms with E-state index in [9.17, 15) is 22.4 Å². The number of hydrogen-bond donors (Lipinski definition) is 1. The van der Waals surface area contributed by atoms with Gasteiger partial charge in [0, 0.05) is 18.2 Å². The van der Waals surface area contributed by atoms with Crippen molar-refractivity contribution in [1.82, 2.24) is 4.57 Å². The number of aliphatic carboxylic acids is 1. The topological polar surface area (TPSA) is 51.5 Å². The fraction of sp³-hybridized carbons (Fsp3) is 0.214. The predicted octanol–water partition coefficient (Wildman–Crippen LogP) is 5.40. The van der Waals surface area contributed by atoms with Gasteiger partial charge in [0.15, 0.2) is 0 Å². The third kappa shape index (κ3) is 3.95. The molecule has 1 aromatic carbocycles. The number of carboxylic acid groups (broad SMARTS) is 1. The SMILES string of the molecule is Cn1c(Br)c(-c2cc(OC(Cl)C(=O)O)ccc2F)c(Br)c1C(F)(F)F. The van der Waals surface area contributed by atoms with Crippen molar-refractivity contribution in [3.63, 3.8) is 0 Å². The third-order valence-corrected chi connectivity index (χ3v) is 5.15. The molecule has 0 bridgehead atoms. The van der Waals surface area contributed by atoms with Gasteiger partial charge in [0.25, 0.3) is 5.56 Å². The molecule has 1 heterocycles. The highest BCUT2D eigenvalue weighted by Crippen LogP contribution is 2.46. The maximum atomic E-state index is 14.2. The summed E-state index contributed by atoms with van der Waals surface area (Å²) >= 11 is 11.3. The van der Waals surface area contributed by atoms with E-state index in [2.05, 4.69) is 31.9 Å². The summed E-state index contributed by atoms with van der Waals surface area (Å²) < 4.78 is 59.1. The summed E-state index contributed by atoms with van der Waals surface area (Å²) in [5, 5.41) is 8.73. The summed E-state index contributed by atoms with van der Waals surface area (Å²) in [4.78, 5) is 10.7. The van der Waals surface area contributed by atoms with E-state index in [1.165, 1.54) is 7.05 Å². The quantitative estimate of drug-likeness (QED) is 0.444. The van der Waals surface area contributed by atoms with Gasteiger partial charge in [0.1, 0.15) is 17.3 Å². The molecule has 2 aromatic rings. The van der Waals surface area contributed by atoms with Crippen LogP contribution in [0.5, 0.6) is 5.75 Å². The van der Waals surface area contributed by atoms with Crippen LogP contribution in [0.15, 0.2) is 27.3 Å². The van der Waals surface area contributed by atoms with Crippen LogP contribution in [0.1, 0.15) is 5.69 Å². The molecule has 0 aliphatic carbocycles. The number of ether oxygens (including phenoxy) is 1. The molecule has 0 aliphatic heterocycles. The van der Waals surface area contributed by atoms with E-state index < -0.39 is 29.2 Å². The number of carboxylic acids is 1. The molecule has 11 heteroatoms. The molecule has 4 nitrogen and oxygen atoms in total. The van der Waals surface area contributed by atoms with E-state index in [-0.39, 0.29) is 26.0 Å². The summed E-state index contributed by atoms with van der Waals surface area (Å²) in [5.41, 5.74) is -3.07. The Balaban J connectivity index is 2.61. The molecular weight excluding hydrogens is 501 g/mol. The number of carbonyl (C=O) groups is 1. The van der Waals surface area contributed by atoms with Gasteiger partial charge in [-0.25, -0.2) is 9.18 Å². The maximum absolute atomic E-state index is 14.2.